The van der Waals surface area contributed by atoms with Gasteiger partial charge in [0, 0.05) is 7.11 Å². The Balaban J connectivity index is 1.94. The second kappa shape index (κ2) is 16.4. The molecule has 18 heteroatoms. The third kappa shape index (κ3) is 9.97. The van der Waals surface area contributed by atoms with E-state index in [9.17, 15) is 24.4 Å². The highest BCUT2D eigenvalue weighted by Gasteiger charge is 2.54. The zero-order valence-electron chi connectivity index (χ0n) is 29.5. The van der Waals surface area contributed by atoms with E-state index < -0.39 is 80.8 Å². The predicted molar refractivity (Wildman–Crippen MR) is 176 cm³/mol. The molecule has 0 saturated carbocycles. The van der Waals surface area contributed by atoms with Crippen LogP contribution in [-0.4, -0.2) is 93.5 Å². The van der Waals surface area contributed by atoms with Gasteiger partial charge in [0.05, 0.1) is 25.1 Å². The molecule has 1 saturated heterocycles. The number of fused-ring (bicyclic) bond motifs is 1. The van der Waals surface area contributed by atoms with Crippen molar-refractivity contribution in [3.8, 4) is 0 Å². The highest BCUT2D eigenvalue weighted by Crippen LogP contribution is 2.46. The number of nitrogens with zero attached hydrogens (tertiary/aromatic N) is 3. The minimum atomic E-state index is -4.34. The molecular weight excluding hydrogens is 649 g/mol. The number of nitrogens with one attached hydrogen (secondary N) is 3. The summed E-state index contributed by atoms with van der Waals surface area (Å²) in [6.45, 7) is 15.2. The number of ether oxygens (including phenoxy) is 4. The van der Waals surface area contributed by atoms with E-state index >= 15 is 0 Å². The zero-order valence-corrected chi connectivity index (χ0v) is 30.4. The van der Waals surface area contributed by atoms with Crippen LogP contribution in [0.4, 0.5) is 5.82 Å². The molecular formula is C30H54N7O10P. The third-order valence-electron chi connectivity index (χ3n) is 7.55. The van der Waals surface area contributed by atoms with Crippen LogP contribution in [0.1, 0.15) is 93.3 Å². The van der Waals surface area contributed by atoms with Gasteiger partial charge in [-0.15, -0.1) is 0 Å². The second-order valence-electron chi connectivity index (χ2n) is 13.8. The third-order valence-corrected chi connectivity index (χ3v) is 9.37. The molecule has 1 fully saturated rings. The minimum absolute atomic E-state index is 0.0189. The van der Waals surface area contributed by atoms with Gasteiger partial charge in [-0.3, -0.25) is 18.7 Å². The van der Waals surface area contributed by atoms with E-state index in [1.807, 2.05) is 27.7 Å². The van der Waals surface area contributed by atoms with Crippen LogP contribution in [0, 0.1) is 11.8 Å². The van der Waals surface area contributed by atoms with E-state index in [4.69, 9.17) is 29.2 Å². The molecule has 2 aliphatic rings. The summed E-state index contributed by atoms with van der Waals surface area (Å²) in [5, 5.41) is 31.2. The summed E-state index contributed by atoms with van der Waals surface area (Å²) in [6.07, 6.45) is -3.77. The summed E-state index contributed by atoms with van der Waals surface area (Å²) in [4.78, 5) is 34.9. The minimum Gasteiger partial charge on any atom is -0.462 e. The van der Waals surface area contributed by atoms with E-state index in [0.29, 0.717) is 5.69 Å². The lowest BCUT2D eigenvalue weighted by molar-refractivity contribution is -0.150. The summed E-state index contributed by atoms with van der Waals surface area (Å²) >= 11 is 0. The number of aliphatic hydroxyl groups excluding tert-OH is 1. The Morgan fingerprint density at radius 1 is 1.06 bits per heavy atom. The number of imidazole rings is 1. The SMILES string of the molecule is COC1NC(N)=Nc2c1ncn2[C@@H]1O[C@H](COP(=O)(NC(CC(C)C)C(=O)OC(C)C)NC(CC(C)C)C(=O)OC(C)C)C(O)C1(C)O. The summed E-state index contributed by atoms with van der Waals surface area (Å²) < 4.78 is 44.4. The Kier molecular flexibility index (Phi) is 13.6. The van der Waals surface area contributed by atoms with Gasteiger partial charge in [0.25, 0.3) is 0 Å². The van der Waals surface area contributed by atoms with Crippen molar-refractivity contribution in [2.45, 2.75) is 130 Å². The first-order valence-corrected chi connectivity index (χ1v) is 17.9. The Morgan fingerprint density at radius 2 is 1.58 bits per heavy atom. The maximum Gasteiger partial charge on any atom is 0.342 e. The summed E-state index contributed by atoms with van der Waals surface area (Å²) in [6, 6.07) is -2.17. The van der Waals surface area contributed by atoms with E-state index in [-0.39, 0.29) is 36.5 Å². The second-order valence-corrected chi connectivity index (χ2v) is 15.6. The van der Waals surface area contributed by atoms with E-state index in [1.165, 1.54) is 24.9 Å². The molecule has 0 aromatic carbocycles. The first kappa shape index (κ1) is 39.8. The monoisotopic (exact) mass is 703 g/mol. The van der Waals surface area contributed by atoms with Crippen LogP contribution in [0.25, 0.3) is 0 Å². The van der Waals surface area contributed by atoms with E-state index in [1.54, 1.807) is 27.7 Å². The van der Waals surface area contributed by atoms with Crippen LogP contribution in [-0.2, 0) is 37.6 Å². The Morgan fingerprint density at radius 3 is 2.04 bits per heavy atom. The van der Waals surface area contributed by atoms with Crippen molar-refractivity contribution in [3.05, 3.63) is 12.0 Å². The maximum absolute atomic E-state index is 14.7. The van der Waals surface area contributed by atoms with Crippen molar-refractivity contribution in [1.82, 2.24) is 25.0 Å². The molecule has 0 bridgehead atoms. The number of methoxy groups -OCH3 is 1. The van der Waals surface area contributed by atoms with Crippen LogP contribution in [0.15, 0.2) is 11.3 Å². The molecule has 0 radical (unpaired) electrons. The largest absolute Gasteiger partial charge is 0.462 e. The van der Waals surface area contributed by atoms with Gasteiger partial charge in [-0.1, -0.05) is 27.7 Å². The van der Waals surface area contributed by atoms with Gasteiger partial charge in [0.1, 0.15) is 35.6 Å². The van der Waals surface area contributed by atoms with Gasteiger partial charge in [-0.05, 0) is 59.3 Å². The average molecular weight is 704 g/mol. The molecule has 1 aromatic rings. The van der Waals surface area contributed by atoms with Gasteiger partial charge >= 0.3 is 19.6 Å². The zero-order chi connectivity index (χ0) is 36.1. The van der Waals surface area contributed by atoms with Crippen molar-refractivity contribution >= 4 is 31.4 Å². The van der Waals surface area contributed by atoms with Crippen molar-refractivity contribution in [3.63, 3.8) is 0 Å². The number of rotatable bonds is 17. The molecule has 5 unspecified atom stereocenters. The lowest BCUT2D eigenvalue weighted by Crippen LogP contribution is -2.47. The average Bonchev–Trinajstić information content (AvgIpc) is 3.46. The Labute approximate surface area is 282 Å². The topological polar surface area (TPSA) is 230 Å². The normalized spacial score (nSPS) is 26.6. The fourth-order valence-corrected chi connectivity index (χ4v) is 7.24. The Hall–Kier alpha value is -2.63. The van der Waals surface area contributed by atoms with Crippen LogP contribution in [0.2, 0.25) is 0 Å². The predicted octanol–water partition coefficient (Wildman–Crippen LogP) is 2.12. The van der Waals surface area contributed by atoms with Crippen LogP contribution >= 0.6 is 7.67 Å². The van der Waals surface area contributed by atoms with Crippen molar-refractivity contribution in [1.29, 1.82) is 0 Å². The number of aliphatic hydroxyl groups is 2. The number of hydrogen-bond donors (Lipinski definition) is 6. The molecule has 7 N–H and O–H groups in total. The van der Waals surface area contributed by atoms with E-state index in [2.05, 4.69) is 25.5 Å². The number of hydrogen-bond acceptors (Lipinski definition) is 14. The number of aromatic nitrogens is 2. The quantitative estimate of drug-likeness (QED) is 0.101. The Bertz CT molecular complexity index is 1290. The lowest BCUT2D eigenvalue weighted by Gasteiger charge is -2.31. The van der Waals surface area contributed by atoms with Gasteiger partial charge in [-0.25, -0.2) is 15.2 Å². The van der Waals surface area contributed by atoms with Gasteiger partial charge in [-0.2, -0.15) is 4.99 Å². The molecule has 0 spiro atoms. The summed E-state index contributed by atoms with van der Waals surface area (Å²) in [5.74, 6) is -1.05. The number of nitrogens with two attached hydrogens (primary N) is 1. The highest BCUT2D eigenvalue weighted by atomic mass is 31.2. The molecule has 3 rings (SSSR count). The molecule has 274 valence electrons. The first-order chi connectivity index (χ1) is 22.3. The fraction of sp³-hybridized carbons (Fsp3) is 0.800. The first-order valence-electron chi connectivity index (χ1n) is 16.2. The van der Waals surface area contributed by atoms with Gasteiger partial charge < -0.3 is 44.7 Å². The van der Waals surface area contributed by atoms with Crippen LogP contribution in [0.3, 0.4) is 0 Å². The van der Waals surface area contributed by atoms with Crippen molar-refractivity contribution < 1.29 is 47.8 Å². The van der Waals surface area contributed by atoms with Crippen LogP contribution in [0.5, 0.6) is 0 Å². The number of esters is 2. The maximum atomic E-state index is 14.7. The summed E-state index contributed by atoms with van der Waals surface area (Å²) in [7, 11) is -2.88. The van der Waals surface area contributed by atoms with Crippen LogP contribution < -0.4 is 21.2 Å². The molecule has 0 amide bonds. The van der Waals surface area contributed by atoms with Crippen molar-refractivity contribution in [2.75, 3.05) is 13.7 Å². The molecule has 17 nitrogen and oxygen atoms in total. The molecule has 2 aliphatic heterocycles. The molecule has 1 aromatic heterocycles. The molecule has 0 aliphatic carbocycles. The standard InChI is InChI=1S/C30H54N7O10P/c1-15(2)11-19(26(39)45-17(5)6)35-48(42,36-20(12-16(3)4)27(40)46-18(7)8)44-13-21-23(38)30(9,41)28(47-21)37-14-32-22-24(37)33-29(31)34-25(22)43-10/h14-21,23,25,28,38,41H,11-13H2,1-10H3,(H3,31,33,34)(H2,35,36,42)/t19?,20?,21-,23?,25?,28-,30?,48?/m1/s1. The molecule has 48 heavy (non-hydrogen) atoms. The molecule has 3 heterocycles. The van der Waals surface area contributed by atoms with E-state index in [0.717, 1.165) is 0 Å². The molecule has 7 atom stereocenters. The van der Waals surface area contributed by atoms with Gasteiger partial charge in [0.15, 0.2) is 24.2 Å². The number of carbonyl (C=O) groups is 2. The number of aliphatic imine (C=N–C) groups is 1. The highest BCUT2D eigenvalue weighted by molar-refractivity contribution is 7.54. The van der Waals surface area contributed by atoms with Crippen molar-refractivity contribution in [2.24, 2.45) is 22.6 Å². The smallest absolute Gasteiger partial charge is 0.342 e. The fourth-order valence-electron chi connectivity index (χ4n) is 5.41. The summed E-state index contributed by atoms with van der Waals surface area (Å²) in [5.41, 5.74) is 4.40. The number of carbonyl (C=O) groups excluding carboxylic acids is 2. The van der Waals surface area contributed by atoms with Gasteiger partial charge in [0.2, 0.25) is 0 Å². The lowest BCUT2D eigenvalue weighted by atomic mass is 9.96. The number of guanidine groups is 1.